The number of morpholine rings is 2. The summed E-state index contributed by atoms with van der Waals surface area (Å²) >= 11 is 5.26. The van der Waals surface area contributed by atoms with Crippen LogP contribution in [0.25, 0.3) is 0 Å². The fourth-order valence-electron chi connectivity index (χ4n) is 3.13. The normalized spacial score (nSPS) is 18.6. The molecule has 0 aromatic heterocycles. The number of thiocarbonyl (C=S) groups is 1. The van der Waals surface area contributed by atoms with Gasteiger partial charge in [-0.25, -0.2) is 0 Å². The smallest absolute Gasteiger partial charge is 0.186 e. The highest BCUT2D eigenvalue weighted by atomic mass is 32.1. The average Bonchev–Trinajstić information content (AvgIpc) is 2.73. The Hall–Kier alpha value is -1.74. The SMILES string of the molecule is S=C(NCCCN1CCOCC1)N/N=C\c1ccc(N2CCOCC2)cc1. The van der Waals surface area contributed by atoms with Crippen LogP contribution in [0.15, 0.2) is 29.4 Å². The zero-order valence-corrected chi connectivity index (χ0v) is 16.5. The van der Waals surface area contributed by atoms with E-state index in [1.54, 1.807) is 6.21 Å². The summed E-state index contributed by atoms with van der Waals surface area (Å²) in [6, 6.07) is 8.37. The molecule has 0 atom stereocenters. The molecule has 0 amide bonds. The van der Waals surface area contributed by atoms with Crippen LogP contribution in [0.3, 0.4) is 0 Å². The highest BCUT2D eigenvalue weighted by Gasteiger charge is 2.10. The fraction of sp³-hybridized carbons (Fsp3) is 0.579. The van der Waals surface area contributed by atoms with E-state index >= 15 is 0 Å². The Balaban J connectivity index is 1.31. The van der Waals surface area contributed by atoms with Crippen LogP contribution in [0, 0.1) is 0 Å². The second kappa shape index (κ2) is 11.2. The van der Waals surface area contributed by atoms with Crippen molar-refractivity contribution >= 4 is 29.2 Å². The van der Waals surface area contributed by atoms with E-state index in [0.29, 0.717) is 5.11 Å². The second-order valence-electron chi connectivity index (χ2n) is 6.62. The quantitative estimate of drug-likeness (QED) is 0.312. The Morgan fingerprint density at radius 3 is 2.41 bits per heavy atom. The predicted octanol–water partition coefficient (Wildman–Crippen LogP) is 1.04. The monoisotopic (exact) mass is 391 g/mol. The lowest BCUT2D eigenvalue weighted by Gasteiger charge is -2.28. The fourth-order valence-corrected chi connectivity index (χ4v) is 3.28. The summed E-state index contributed by atoms with van der Waals surface area (Å²) in [5, 5.41) is 7.96. The van der Waals surface area contributed by atoms with Crippen molar-refractivity contribution in [1.29, 1.82) is 0 Å². The maximum Gasteiger partial charge on any atom is 0.186 e. The first-order chi connectivity index (χ1) is 13.3. The van der Waals surface area contributed by atoms with Crippen LogP contribution in [0.4, 0.5) is 5.69 Å². The third-order valence-corrected chi connectivity index (χ3v) is 4.93. The van der Waals surface area contributed by atoms with Crippen LogP contribution in [-0.4, -0.2) is 81.9 Å². The Morgan fingerprint density at radius 2 is 1.70 bits per heavy atom. The van der Waals surface area contributed by atoms with E-state index in [-0.39, 0.29) is 0 Å². The van der Waals surface area contributed by atoms with Gasteiger partial charge in [0.1, 0.15) is 0 Å². The summed E-state index contributed by atoms with van der Waals surface area (Å²) < 4.78 is 10.7. The van der Waals surface area contributed by atoms with Gasteiger partial charge in [0.25, 0.3) is 0 Å². The lowest BCUT2D eigenvalue weighted by atomic mass is 10.2. The standard InChI is InChI=1S/C19H29N5O2S/c27-19(20-6-1-7-23-8-12-25-13-9-23)22-21-16-17-2-4-18(5-3-17)24-10-14-26-15-11-24/h2-5,16H,1,6-15H2,(H2,20,22,27)/b21-16-. The van der Waals surface area contributed by atoms with E-state index in [1.165, 1.54) is 5.69 Å². The van der Waals surface area contributed by atoms with Crippen molar-refractivity contribution in [1.82, 2.24) is 15.6 Å². The van der Waals surface area contributed by atoms with Gasteiger partial charge in [-0.05, 0) is 42.9 Å². The van der Waals surface area contributed by atoms with Gasteiger partial charge < -0.3 is 19.7 Å². The number of anilines is 1. The van der Waals surface area contributed by atoms with Gasteiger partial charge in [0.05, 0.1) is 32.6 Å². The predicted molar refractivity (Wildman–Crippen MR) is 113 cm³/mol. The van der Waals surface area contributed by atoms with Crippen molar-refractivity contribution in [2.24, 2.45) is 5.10 Å². The number of nitrogens with one attached hydrogen (secondary N) is 2. The molecule has 0 radical (unpaired) electrons. The van der Waals surface area contributed by atoms with Gasteiger partial charge in [-0.2, -0.15) is 5.10 Å². The highest BCUT2D eigenvalue weighted by molar-refractivity contribution is 7.80. The summed E-state index contributed by atoms with van der Waals surface area (Å²) in [6.45, 7) is 9.12. The zero-order valence-electron chi connectivity index (χ0n) is 15.7. The molecular formula is C19H29N5O2S. The van der Waals surface area contributed by atoms with Crippen molar-refractivity contribution in [2.75, 3.05) is 70.6 Å². The lowest BCUT2D eigenvalue weighted by Crippen LogP contribution is -2.39. The van der Waals surface area contributed by atoms with E-state index in [4.69, 9.17) is 21.7 Å². The largest absolute Gasteiger partial charge is 0.379 e. The Labute approximate surface area is 166 Å². The van der Waals surface area contributed by atoms with Crippen LogP contribution >= 0.6 is 12.2 Å². The van der Waals surface area contributed by atoms with Crippen molar-refractivity contribution < 1.29 is 9.47 Å². The number of ether oxygens (including phenoxy) is 2. The molecule has 0 unspecified atom stereocenters. The topological polar surface area (TPSA) is 61.4 Å². The molecule has 2 saturated heterocycles. The Kier molecular flexibility index (Phi) is 8.29. The van der Waals surface area contributed by atoms with Gasteiger partial charge >= 0.3 is 0 Å². The molecule has 2 N–H and O–H groups in total. The molecule has 0 bridgehead atoms. The van der Waals surface area contributed by atoms with Crippen LogP contribution in [0.5, 0.6) is 0 Å². The van der Waals surface area contributed by atoms with E-state index < -0.39 is 0 Å². The highest BCUT2D eigenvalue weighted by Crippen LogP contribution is 2.15. The van der Waals surface area contributed by atoms with Gasteiger partial charge in [-0.15, -0.1) is 0 Å². The molecular weight excluding hydrogens is 362 g/mol. The molecule has 148 valence electrons. The minimum Gasteiger partial charge on any atom is -0.379 e. The molecule has 27 heavy (non-hydrogen) atoms. The Bertz CT molecular complexity index is 599. The van der Waals surface area contributed by atoms with E-state index in [2.05, 4.69) is 49.9 Å². The number of rotatable bonds is 7. The summed E-state index contributed by atoms with van der Waals surface area (Å²) in [6.07, 6.45) is 2.83. The van der Waals surface area contributed by atoms with Crippen molar-refractivity contribution in [3.63, 3.8) is 0 Å². The van der Waals surface area contributed by atoms with Crippen molar-refractivity contribution in [3.05, 3.63) is 29.8 Å². The number of hydrazone groups is 1. The second-order valence-corrected chi connectivity index (χ2v) is 7.03. The molecule has 2 heterocycles. The maximum absolute atomic E-state index is 5.39. The maximum atomic E-state index is 5.39. The number of benzene rings is 1. The first kappa shape index (κ1) is 20.0. The molecule has 0 aliphatic carbocycles. The summed E-state index contributed by atoms with van der Waals surface area (Å²) in [5.74, 6) is 0. The molecule has 3 rings (SSSR count). The van der Waals surface area contributed by atoms with Crippen LogP contribution in [-0.2, 0) is 9.47 Å². The minimum atomic E-state index is 0.554. The molecule has 8 heteroatoms. The van der Waals surface area contributed by atoms with E-state index in [1.807, 2.05) is 0 Å². The van der Waals surface area contributed by atoms with Gasteiger partial charge in [0.15, 0.2) is 5.11 Å². The third-order valence-electron chi connectivity index (χ3n) is 4.69. The summed E-state index contributed by atoms with van der Waals surface area (Å²) in [5.41, 5.74) is 5.14. The Morgan fingerprint density at radius 1 is 1.04 bits per heavy atom. The number of hydrogen-bond donors (Lipinski definition) is 2. The lowest BCUT2D eigenvalue weighted by molar-refractivity contribution is 0.0376. The molecule has 1 aromatic rings. The molecule has 0 spiro atoms. The van der Waals surface area contributed by atoms with Crippen molar-refractivity contribution in [2.45, 2.75) is 6.42 Å². The average molecular weight is 392 g/mol. The van der Waals surface area contributed by atoms with Gasteiger partial charge in [-0.1, -0.05) is 12.1 Å². The van der Waals surface area contributed by atoms with Crippen LogP contribution < -0.4 is 15.6 Å². The van der Waals surface area contributed by atoms with Gasteiger partial charge in [-0.3, -0.25) is 10.3 Å². The zero-order chi connectivity index (χ0) is 18.7. The third kappa shape index (κ3) is 7.06. The van der Waals surface area contributed by atoms with Gasteiger partial charge in [0, 0.05) is 38.4 Å². The first-order valence-corrected chi connectivity index (χ1v) is 10.0. The van der Waals surface area contributed by atoms with Crippen LogP contribution in [0.1, 0.15) is 12.0 Å². The number of hydrogen-bond acceptors (Lipinski definition) is 6. The molecule has 7 nitrogen and oxygen atoms in total. The van der Waals surface area contributed by atoms with Crippen molar-refractivity contribution in [3.8, 4) is 0 Å². The minimum absolute atomic E-state index is 0.554. The summed E-state index contributed by atoms with van der Waals surface area (Å²) in [7, 11) is 0. The number of nitrogens with zero attached hydrogens (tertiary/aromatic N) is 3. The van der Waals surface area contributed by atoms with Gasteiger partial charge in [0.2, 0.25) is 0 Å². The molecule has 1 aromatic carbocycles. The van der Waals surface area contributed by atoms with E-state index in [9.17, 15) is 0 Å². The first-order valence-electron chi connectivity index (χ1n) is 9.61. The summed E-state index contributed by atoms with van der Waals surface area (Å²) in [4.78, 5) is 4.75. The molecule has 2 aliphatic heterocycles. The van der Waals surface area contributed by atoms with Crippen LogP contribution in [0.2, 0.25) is 0 Å². The molecule has 2 aliphatic rings. The van der Waals surface area contributed by atoms with E-state index in [0.717, 1.165) is 77.7 Å². The molecule has 2 fully saturated rings. The molecule has 0 saturated carbocycles.